The lowest BCUT2D eigenvalue weighted by molar-refractivity contribution is -0.121. The summed E-state index contributed by atoms with van der Waals surface area (Å²) in [6.07, 6.45) is 5.35. The second-order valence-corrected chi connectivity index (χ2v) is 7.22. The minimum atomic E-state index is -0.0790. The molecular weight excluding hydrogens is 368 g/mol. The van der Waals surface area contributed by atoms with E-state index in [1.165, 1.54) is 19.3 Å². The number of imidazole rings is 1. The number of carbonyl (C=O) groups excluding carboxylic acids is 1. The molecule has 1 aromatic carbocycles. The normalized spacial score (nSPS) is 14.2. The van der Waals surface area contributed by atoms with Gasteiger partial charge in [-0.1, -0.05) is 12.1 Å². The Morgan fingerprint density at radius 2 is 2.00 bits per heavy atom. The summed E-state index contributed by atoms with van der Waals surface area (Å²) in [6.45, 7) is 4.91. The van der Waals surface area contributed by atoms with Crippen LogP contribution >= 0.6 is 0 Å². The van der Waals surface area contributed by atoms with Crippen LogP contribution in [0, 0.1) is 6.92 Å². The van der Waals surface area contributed by atoms with Gasteiger partial charge >= 0.3 is 0 Å². The maximum atomic E-state index is 12.2. The zero-order chi connectivity index (χ0) is 20.1. The maximum absolute atomic E-state index is 12.2. The highest BCUT2D eigenvalue weighted by atomic mass is 16.5. The number of carbonyl (C=O) groups is 1. The lowest BCUT2D eigenvalue weighted by Gasteiger charge is -2.28. The molecule has 1 fully saturated rings. The molecule has 3 aromatic rings. The first-order valence-corrected chi connectivity index (χ1v) is 10.1. The number of nitrogens with zero attached hydrogens (tertiary/aromatic N) is 5. The van der Waals surface area contributed by atoms with Gasteiger partial charge in [0.25, 0.3) is 0 Å². The topological polar surface area (TPSA) is 85.2 Å². The summed E-state index contributed by atoms with van der Waals surface area (Å²) in [7, 11) is 0. The molecule has 0 atom stereocenters. The van der Waals surface area contributed by atoms with Crippen molar-refractivity contribution < 1.29 is 9.53 Å². The molecule has 0 spiro atoms. The van der Waals surface area contributed by atoms with Crippen LogP contribution in [0.3, 0.4) is 0 Å². The van der Waals surface area contributed by atoms with Gasteiger partial charge in [0.05, 0.1) is 23.9 Å². The first-order valence-electron chi connectivity index (χ1n) is 10.1. The number of aryl methyl sites for hydroxylation is 1. The van der Waals surface area contributed by atoms with Crippen molar-refractivity contribution in [3.63, 3.8) is 0 Å². The fraction of sp³-hybridized carbons (Fsp3) is 0.429. The van der Waals surface area contributed by atoms with Gasteiger partial charge in [-0.3, -0.25) is 4.79 Å². The Bertz CT molecular complexity index is 980. The zero-order valence-corrected chi connectivity index (χ0v) is 16.7. The number of nitrogens with one attached hydrogen (secondary N) is 1. The van der Waals surface area contributed by atoms with Crippen molar-refractivity contribution in [2.45, 2.75) is 32.7 Å². The summed E-state index contributed by atoms with van der Waals surface area (Å²) in [6, 6.07) is 9.64. The molecule has 8 heteroatoms. The first-order chi connectivity index (χ1) is 14.2. The molecule has 3 heterocycles. The van der Waals surface area contributed by atoms with E-state index in [0.29, 0.717) is 24.9 Å². The van der Waals surface area contributed by atoms with E-state index in [4.69, 9.17) is 4.74 Å². The summed E-state index contributed by atoms with van der Waals surface area (Å²) in [4.78, 5) is 27.7. The Morgan fingerprint density at radius 1 is 1.17 bits per heavy atom. The largest absolute Gasteiger partial charge is 0.476 e. The molecule has 0 radical (unpaired) electrons. The second kappa shape index (κ2) is 8.89. The van der Waals surface area contributed by atoms with E-state index in [1.807, 2.05) is 41.8 Å². The number of hydrogen-bond donors (Lipinski definition) is 1. The zero-order valence-electron chi connectivity index (χ0n) is 16.7. The molecule has 1 saturated heterocycles. The third-order valence-electron chi connectivity index (χ3n) is 5.00. The molecule has 4 rings (SSSR count). The number of para-hydroxylation sites is 2. The van der Waals surface area contributed by atoms with Crippen LogP contribution in [0.25, 0.3) is 11.0 Å². The molecule has 29 heavy (non-hydrogen) atoms. The molecule has 1 aliphatic heterocycles. The molecule has 2 aromatic heterocycles. The van der Waals surface area contributed by atoms with Crippen LogP contribution in [0.4, 0.5) is 5.82 Å². The molecule has 1 N–H and O–H groups in total. The van der Waals surface area contributed by atoms with E-state index in [-0.39, 0.29) is 12.5 Å². The highest BCUT2D eigenvalue weighted by Gasteiger charge is 2.14. The highest BCUT2D eigenvalue weighted by molar-refractivity contribution is 5.80. The van der Waals surface area contributed by atoms with E-state index in [0.717, 1.165) is 29.9 Å². The van der Waals surface area contributed by atoms with Crippen molar-refractivity contribution in [2.75, 3.05) is 31.1 Å². The van der Waals surface area contributed by atoms with E-state index in [1.54, 1.807) is 6.33 Å². The van der Waals surface area contributed by atoms with Gasteiger partial charge in [-0.25, -0.2) is 9.97 Å². The van der Waals surface area contributed by atoms with Gasteiger partial charge in [0.1, 0.15) is 24.8 Å². The van der Waals surface area contributed by atoms with Gasteiger partial charge < -0.3 is 19.5 Å². The Morgan fingerprint density at radius 3 is 2.86 bits per heavy atom. The monoisotopic (exact) mass is 394 g/mol. The average molecular weight is 394 g/mol. The fourth-order valence-electron chi connectivity index (χ4n) is 3.58. The first kappa shape index (κ1) is 19.2. The summed E-state index contributed by atoms with van der Waals surface area (Å²) < 4.78 is 7.60. The summed E-state index contributed by atoms with van der Waals surface area (Å²) in [5, 5.41) is 2.88. The Labute approximate surface area is 169 Å². The standard InChI is InChI=1S/C21H26N6O2/c1-16-24-19(26-10-5-2-6-11-26)13-21(25-16)29-12-9-22-20(28)14-27-15-23-17-7-3-4-8-18(17)27/h3-4,7-8,13,15H,2,5-6,9-12,14H2,1H3,(H,22,28). The van der Waals surface area contributed by atoms with Crippen molar-refractivity contribution >= 4 is 22.8 Å². The van der Waals surface area contributed by atoms with Gasteiger partial charge in [0.2, 0.25) is 11.8 Å². The molecule has 0 bridgehead atoms. The molecule has 1 amide bonds. The lowest BCUT2D eigenvalue weighted by atomic mass is 10.1. The summed E-state index contributed by atoms with van der Waals surface area (Å²) in [5.74, 6) is 2.08. The van der Waals surface area contributed by atoms with Crippen molar-refractivity contribution in [3.8, 4) is 5.88 Å². The van der Waals surface area contributed by atoms with Crippen molar-refractivity contribution in [1.29, 1.82) is 0 Å². The second-order valence-electron chi connectivity index (χ2n) is 7.22. The van der Waals surface area contributed by atoms with Gasteiger partial charge in [-0.2, -0.15) is 4.98 Å². The predicted octanol–water partition coefficient (Wildman–Crippen LogP) is 2.32. The average Bonchev–Trinajstić information content (AvgIpc) is 3.14. The van der Waals surface area contributed by atoms with E-state index < -0.39 is 0 Å². The number of piperidine rings is 1. The number of hydrogen-bond acceptors (Lipinski definition) is 6. The number of aromatic nitrogens is 4. The molecule has 0 aliphatic carbocycles. The molecule has 1 aliphatic rings. The summed E-state index contributed by atoms with van der Waals surface area (Å²) in [5.41, 5.74) is 1.83. The highest BCUT2D eigenvalue weighted by Crippen LogP contribution is 2.21. The van der Waals surface area contributed by atoms with Crippen LogP contribution in [0.1, 0.15) is 25.1 Å². The number of anilines is 1. The van der Waals surface area contributed by atoms with E-state index in [9.17, 15) is 4.79 Å². The maximum Gasteiger partial charge on any atom is 0.240 e. The Kier molecular flexibility index (Phi) is 5.88. The van der Waals surface area contributed by atoms with Gasteiger partial charge in [-0.05, 0) is 38.3 Å². The smallest absolute Gasteiger partial charge is 0.240 e. The van der Waals surface area contributed by atoms with Crippen molar-refractivity contribution in [2.24, 2.45) is 0 Å². The van der Waals surface area contributed by atoms with E-state index >= 15 is 0 Å². The number of rotatable bonds is 7. The Balaban J connectivity index is 1.27. The van der Waals surface area contributed by atoms with Crippen molar-refractivity contribution in [1.82, 2.24) is 24.8 Å². The van der Waals surface area contributed by atoms with E-state index in [2.05, 4.69) is 25.2 Å². The predicted molar refractivity (Wildman–Crippen MR) is 111 cm³/mol. The molecule has 152 valence electrons. The summed E-state index contributed by atoms with van der Waals surface area (Å²) >= 11 is 0. The molecule has 0 unspecified atom stereocenters. The van der Waals surface area contributed by atoms with Crippen LogP contribution in [0.15, 0.2) is 36.7 Å². The van der Waals surface area contributed by atoms with Gasteiger partial charge in [0, 0.05) is 19.2 Å². The minimum Gasteiger partial charge on any atom is -0.476 e. The number of amides is 1. The van der Waals surface area contributed by atoms with Crippen LogP contribution in [-0.2, 0) is 11.3 Å². The van der Waals surface area contributed by atoms with Crippen LogP contribution in [0.2, 0.25) is 0 Å². The number of fused-ring (bicyclic) bond motifs is 1. The van der Waals surface area contributed by atoms with Crippen LogP contribution < -0.4 is 15.0 Å². The minimum absolute atomic E-state index is 0.0790. The lowest BCUT2D eigenvalue weighted by Crippen LogP contribution is -2.31. The van der Waals surface area contributed by atoms with Gasteiger partial charge in [0.15, 0.2) is 0 Å². The van der Waals surface area contributed by atoms with Crippen LogP contribution in [-0.4, -0.2) is 51.7 Å². The third-order valence-corrected chi connectivity index (χ3v) is 5.00. The third kappa shape index (κ3) is 4.82. The fourth-order valence-corrected chi connectivity index (χ4v) is 3.58. The van der Waals surface area contributed by atoms with Crippen LogP contribution in [0.5, 0.6) is 5.88 Å². The molecule has 0 saturated carbocycles. The number of benzene rings is 1. The Hall–Kier alpha value is -3.16. The number of ether oxygens (including phenoxy) is 1. The SMILES string of the molecule is Cc1nc(OCCNC(=O)Cn2cnc3ccccc32)cc(N2CCCCC2)n1. The molecular formula is C21H26N6O2. The van der Waals surface area contributed by atoms with Gasteiger partial charge in [-0.15, -0.1) is 0 Å². The molecule has 8 nitrogen and oxygen atoms in total. The van der Waals surface area contributed by atoms with Crippen molar-refractivity contribution in [3.05, 3.63) is 42.5 Å². The quantitative estimate of drug-likeness (QED) is 0.619.